The molecule has 2 aromatic carbocycles. The van der Waals surface area contributed by atoms with Gasteiger partial charge in [0.15, 0.2) is 0 Å². The molecule has 2 atom stereocenters. The van der Waals surface area contributed by atoms with Gasteiger partial charge < -0.3 is 20.9 Å². The minimum absolute atomic E-state index is 0.0773. The zero-order chi connectivity index (χ0) is 22.2. The van der Waals surface area contributed by atoms with Crippen LogP contribution in [0.15, 0.2) is 66.9 Å². The molecule has 1 amide bonds. The van der Waals surface area contributed by atoms with Crippen molar-refractivity contribution in [1.29, 1.82) is 0 Å². The molecule has 0 aliphatic rings. The summed E-state index contributed by atoms with van der Waals surface area (Å²) in [6, 6.07) is 16.3. The third kappa shape index (κ3) is 5.87. The fourth-order valence-electron chi connectivity index (χ4n) is 3.33. The lowest BCUT2D eigenvalue weighted by atomic mass is 9.97. The average molecular weight is 423 g/mol. The summed E-state index contributed by atoms with van der Waals surface area (Å²) in [6.07, 6.45) is 0.820. The number of methoxy groups -OCH3 is 1. The molecule has 0 aliphatic carbocycles. The second-order valence-electron chi connectivity index (χ2n) is 7.22. The van der Waals surface area contributed by atoms with Gasteiger partial charge in [-0.05, 0) is 36.2 Å². The fourth-order valence-corrected chi connectivity index (χ4v) is 3.33. The van der Waals surface area contributed by atoms with E-state index in [4.69, 9.17) is 10.5 Å². The summed E-state index contributed by atoms with van der Waals surface area (Å²) < 4.78 is 19.2. The van der Waals surface area contributed by atoms with Crippen molar-refractivity contribution < 1.29 is 19.0 Å². The summed E-state index contributed by atoms with van der Waals surface area (Å²) in [7, 11) is 1.58. The molecule has 0 saturated heterocycles. The number of carbonyl (C=O) groups excluding carboxylic acids is 1. The number of nitrogens with zero attached hydrogens (tertiary/aromatic N) is 1. The third-order valence-corrected chi connectivity index (χ3v) is 5.08. The van der Waals surface area contributed by atoms with Crippen LogP contribution in [0.4, 0.5) is 4.39 Å². The number of aliphatic hydroxyl groups is 1. The van der Waals surface area contributed by atoms with E-state index in [0.717, 1.165) is 5.56 Å². The second kappa shape index (κ2) is 10.7. The molecule has 2 unspecified atom stereocenters. The van der Waals surface area contributed by atoms with Crippen LogP contribution >= 0.6 is 0 Å². The van der Waals surface area contributed by atoms with Crippen molar-refractivity contribution in [2.75, 3.05) is 7.11 Å². The molecule has 0 bridgehead atoms. The van der Waals surface area contributed by atoms with Gasteiger partial charge in [-0.2, -0.15) is 0 Å². The first-order valence-electron chi connectivity index (χ1n) is 10.0. The Hall–Kier alpha value is -3.29. The van der Waals surface area contributed by atoms with Crippen LogP contribution in [-0.4, -0.2) is 35.3 Å². The molecule has 3 aromatic rings. The summed E-state index contributed by atoms with van der Waals surface area (Å²) in [6.45, 7) is 0.284. The SMILES string of the molecule is COc1ccccc1CNC(=O)c1cccnc1CC(O)C(N)Cc1ccccc1F. The molecule has 0 fully saturated rings. The van der Waals surface area contributed by atoms with E-state index in [-0.39, 0.29) is 31.1 Å². The number of hydrogen-bond acceptors (Lipinski definition) is 5. The number of hydrogen-bond donors (Lipinski definition) is 3. The van der Waals surface area contributed by atoms with Crippen LogP contribution in [0.25, 0.3) is 0 Å². The minimum atomic E-state index is -0.990. The Kier molecular flexibility index (Phi) is 7.70. The smallest absolute Gasteiger partial charge is 0.253 e. The number of rotatable bonds is 9. The lowest BCUT2D eigenvalue weighted by Gasteiger charge is -2.20. The maximum absolute atomic E-state index is 13.9. The fraction of sp³-hybridized carbons (Fsp3) is 0.250. The van der Waals surface area contributed by atoms with E-state index in [1.54, 1.807) is 43.6 Å². The second-order valence-corrected chi connectivity index (χ2v) is 7.22. The number of ether oxygens (including phenoxy) is 1. The predicted molar refractivity (Wildman–Crippen MR) is 116 cm³/mol. The highest BCUT2D eigenvalue weighted by Gasteiger charge is 2.21. The van der Waals surface area contributed by atoms with Gasteiger partial charge in [0, 0.05) is 30.8 Å². The van der Waals surface area contributed by atoms with Gasteiger partial charge in [-0.25, -0.2) is 4.39 Å². The van der Waals surface area contributed by atoms with E-state index >= 15 is 0 Å². The Morgan fingerprint density at radius 3 is 2.55 bits per heavy atom. The Morgan fingerprint density at radius 1 is 1.10 bits per heavy atom. The Morgan fingerprint density at radius 2 is 1.81 bits per heavy atom. The van der Waals surface area contributed by atoms with Gasteiger partial charge in [0.05, 0.1) is 24.5 Å². The summed E-state index contributed by atoms with van der Waals surface area (Å²) in [5, 5.41) is 13.4. The normalized spacial score (nSPS) is 12.8. The number of benzene rings is 2. The highest BCUT2D eigenvalue weighted by molar-refractivity contribution is 5.95. The van der Waals surface area contributed by atoms with E-state index < -0.39 is 12.1 Å². The van der Waals surface area contributed by atoms with Gasteiger partial charge in [0.2, 0.25) is 0 Å². The van der Waals surface area contributed by atoms with Crippen molar-refractivity contribution in [3.63, 3.8) is 0 Å². The molecule has 1 heterocycles. The predicted octanol–water partition coefficient (Wildman–Crippen LogP) is 2.63. The first-order chi connectivity index (χ1) is 15.0. The monoisotopic (exact) mass is 423 g/mol. The van der Waals surface area contributed by atoms with Crippen molar-refractivity contribution >= 4 is 5.91 Å². The van der Waals surface area contributed by atoms with Crippen molar-refractivity contribution in [3.05, 3.63) is 95.1 Å². The Bertz CT molecular complexity index is 1030. The lowest BCUT2D eigenvalue weighted by molar-refractivity contribution is 0.0947. The molecule has 0 spiro atoms. The minimum Gasteiger partial charge on any atom is -0.496 e. The molecule has 3 rings (SSSR count). The van der Waals surface area contributed by atoms with Crippen LogP contribution in [0, 0.1) is 5.82 Å². The quantitative estimate of drug-likeness (QED) is 0.492. The van der Waals surface area contributed by atoms with Crippen LogP contribution < -0.4 is 15.8 Å². The van der Waals surface area contributed by atoms with Gasteiger partial charge >= 0.3 is 0 Å². The number of nitrogens with two attached hydrogens (primary N) is 1. The molecule has 7 heteroatoms. The molecule has 4 N–H and O–H groups in total. The highest BCUT2D eigenvalue weighted by Crippen LogP contribution is 2.18. The van der Waals surface area contributed by atoms with Crippen molar-refractivity contribution in [1.82, 2.24) is 10.3 Å². The first-order valence-corrected chi connectivity index (χ1v) is 10.0. The number of amides is 1. The van der Waals surface area contributed by atoms with Crippen LogP contribution in [-0.2, 0) is 19.4 Å². The maximum atomic E-state index is 13.9. The van der Waals surface area contributed by atoms with Crippen molar-refractivity contribution in [3.8, 4) is 5.75 Å². The van der Waals surface area contributed by atoms with E-state index in [9.17, 15) is 14.3 Å². The molecular formula is C24H26FN3O3. The van der Waals surface area contributed by atoms with Gasteiger partial charge in [0.1, 0.15) is 11.6 Å². The number of aliphatic hydroxyl groups excluding tert-OH is 1. The zero-order valence-corrected chi connectivity index (χ0v) is 17.3. The maximum Gasteiger partial charge on any atom is 0.253 e. The zero-order valence-electron chi connectivity index (χ0n) is 17.3. The summed E-state index contributed by atoms with van der Waals surface area (Å²) in [5.41, 5.74) is 8.16. The summed E-state index contributed by atoms with van der Waals surface area (Å²) in [4.78, 5) is 17.0. The van der Waals surface area contributed by atoms with Crippen LogP contribution in [0.2, 0.25) is 0 Å². The molecule has 6 nitrogen and oxygen atoms in total. The van der Waals surface area contributed by atoms with Crippen molar-refractivity contribution in [2.24, 2.45) is 5.73 Å². The highest BCUT2D eigenvalue weighted by atomic mass is 19.1. The van der Waals surface area contributed by atoms with E-state index in [1.165, 1.54) is 6.07 Å². The van der Waals surface area contributed by atoms with Gasteiger partial charge in [-0.3, -0.25) is 9.78 Å². The molecule has 162 valence electrons. The topological polar surface area (TPSA) is 97.5 Å². The third-order valence-electron chi connectivity index (χ3n) is 5.08. The number of para-hydroxylation sites is 1. The number of carbonyl (C=O) groups is 1. The van der Waals surface area contributed by atoms with Crippen LogP contribution in [0.3, 0.4) is 0 Å². The summed E-state index contributed by atoms with van der Waals surface area (Å²) in [5.74, 6) is 0.00650. The molecule has 0 radical (unpaired) electrons. The van der Waals surface area contributed by atoms with Crippen molar-refractivity contribution in [2.45, 2.75) is 31.5 Å². The molecule has 0 saturated carbocycles. The van der Waals surface area contributed by atoms with Gasteiger partial charge in [0.25, 0.3) is 5.91 Å². The summed E-state index contributed by atoms with van der Waals surface area (Å²) >= 11 is 0. The van der Waals surface area contributed by atoms with Gasteiger partial charge in [-0.1, -0.05) is 36.4 Å². The van der Waals surface area contributed by atoms with Crippen LogP contribution in [0.1, 0.15) is 27.2 Å². The van der Waals surface area contributed by atoms with E-state index in [1.807, 2.05) is 24.3 Å². The molecule has 1 aromatic heterocycles. The van der Waals surface area contributed by atoms with E-state index in [2.05, 4.69) is 10.3 Å². The number of halogens is 1. The van der Waals surface area contributed by atoms with Crippen LogP contribution in [0.5, 0.6) is 5.75 Å². The number of nitrogens with one attached hydrogen (secondary N) is 1. The first kappa shape index (κ1) is 22.4. The largest absolute Gasteiger partial charge is 0.496 e. The lowest BCUT2D eigenvalue weighted by Crippen LogP contribution is -2.39. The molecule has 31 heavy (non-hydrogen) atoms. The standard InChI is InChI=1S/C24H26FN3O3/c1-31-23-11-5-3-8-17(23)15-28-24(30)18-9-6-12-27-21(18)14-22(29)20(26)13-16-7-2-4-10-19(16)25/h2-12,20,22,29H,13-15,26H2,1H3,(H,28,30). The Labute approximate surface area is 180 Å². The van der Waals surface area contributed by atoms with E-state index in [0.29, 0.717) is 22.6 Å². The number of aromatic nitrogens is 1. The molecule has 0 aliphatic heterocycles. The molecular weight excluding hydrogens is 397 g/mol. The number of pyridine rings is 1. The Balaban J connectivity index is 1.66. The van der Waals surface area contributed by atoms with Gasteiger partial charge in [-0.15, -0.1) is 0 Å². The average Bonchev–Trinajstić information content (AvgIpc) is 2.79.